The van der Waals surface area contributed by atoms with Gasteiger partial charge >= 0.3 is 0 Å². The van der Waals surface area contributed by atoms with Gasteiger partial charge in [0.25, 0.3) is 5.91 Å². The molecule has 0 bridgehead atoms. The Morgan fingerprint density at radius 2 is 2.00 bits per heavy atom. The van der Waals surface area contributed by atoms with Crippen molar-refractivity contribution in [1.82, 2.24) is 10.3 Å². The summed E-state index contributed by atoms with van der Waals surface area (Å²) in [6, 6.07) is 11.7. The van der Waals surface area contributed by atoms with Crippen molar-refractivity contribution in [1.29, 1.82) is 0 Å². The first-order chi connectivity index (χ1) is 11.0. The minimum absolute atomic E-state index is 0.109. The molecule has 3 aromatic rings. The summed E-state index contributed by atoms with van der Waals surface area (Å²) in [5.74, 6) is 1.57. The van der Waals surface area contributed by atoms with Crippen molar-refractivity contribution in [2.45, 2.75) is 26.8 Å². The summed E-state index contributed by atoms with van der Waals surface area (Å²) < 4.78 is 5.52. The number of amides is 1. The van der Waals surface area contributed by atoms with E-state index in [9.17, 15) is 4.79 Å². The number of carbonyl (C=O) groups is 1. The van der Waals surface area contributed by atoms with E-state index in [1.165, 1.54) is 11.3 Å². The van der Waals surface area contributed by atoms with Crippen LogP contribution in [0.5, 0.6) is 0 Å². The smallest absolute Gasteiger partial charge is 0.263 e. The van der Waals surface area contributed by atoms with E-state index in [2.05, 4.69) is 10.3 Å². The molecule has 1 N–H and O–H groups in total. The van der Waals surface area contributed by atoms with Crippen LogP contribution in [0.1, 0.15) is 39.7 Å². The fourth-order valence-corrected chi connectivity index (χ4v) is 3.34. The van der Waals surface area contributed by atoms with E-state index >= 15 is 0 Å². The van der Waals surface area contributed by atoms with E-state index in [0.717, 1.165) is 27.7 Å². The summed E-state index contributed by atoms with van der Waals surface area (Å²) in [7, 11) is 0. The summed E-state index contributed by atoms with van der Waals surface area (Å²) in [5.41, 5.74) is 2.02. The number of hydrogen-bond donors (Lipinski definition) is 1. The first-order valence-corrected chi connectivity index (χ1v) is 8.25. The first-order valence-electron chi connectivity index (χ1n) is 7.43. The number of furan rings is 1. The molecule has 118 valence electrons. The zero-order valence-electron chi connectivity index (χ0n) is 13.3. The third-order valence-electron chi connectivity index (χ3n) is 3.64. The molecule has 1 aromatic carbocycles. The molecular weight excluding hydrogens is 308 g/mol. The van der Waals surface area contributed by atoms with E-state index in [4.69, 9.17) is 4.42 Å². The molecule has 1 unspecified atom stereocenters. The van der Waals surface area contributed by atoms with Crippen LogP contribution in [0.25, 0.3) is 10.6 Å². The molecule has 1 amide bonds. The van der Waals surface area contributed by atoms with Crippen LogP contribution in [0.15, 0.2) is 47.0 Å². The number of carbonyl (C=O) groups excluding carboxylic acids is 1. The van der Waals surface area contributed by atoms with E-state index in [1.54, 1.807) is 6.20 Å². The Morgan fingerprint density at radius 3 is 2.65 bits per heavy atom. The van der Waals surface area contributed by atoms with Crippen molar-refractivity contribution < 1.29 is 9.21 Å². The number of aryl methyl sites for hydroxylation is 2. The van der Waals surface area contributed by atoms with Crippen LogP contribution < -0.4 is 5.32 Å². The molecule has 0 spiro atoms. The van der Waals surface area contributed by atoms with Crippen LogP contribution in [0.4, 0.5) is 0 Å². The van der Waals surface area contributed by atoms with E-state index < -0.39 is 0 Å². The molecule has 23 heavy (non-hydrogen) atoms. The third-order valence-corrected chi connectivity index (χ3v) is 4.69. The van der Waals surface area contributed by atoms with Crippen LogP contribution in [0, 0.1) is 13.8 Å². The van der Waals surface area contributed by atoms with Gasteiger partial charge in [-0.05, 0) is 26.8 Å². The lowest BCUT2D eigenvalue weighted by molar-refractivity contribution is 0.0943. The van der Waals surface area contributed by atoms with Gasteiger partial charge in [0.15, 0.2) is 0 Å². The summed E-state index contributed by atoms with van der Waals surface area (Å²) in [5, 5.41) is 3.85. The molecule has 5 heteroatoms. The monoisotopic (exact) mass is 326 g/mol. The number of benzene rings is 1. The largest absolute Gasteiger partial charge is 0.466 e. The van der Waals surface area contributed by atoms with Gasteiger partial charge in [0.05, 0.1) is 12.2 Å². The van der Waals surface area contributed by atoms with E-state index in [1.807, 2.05) is 57.2 Å². The van der Waals surface area contributed by atoms with Crippen molar-refractivity contribution in [2.24, 2.45) is 0 Å². The number of thiazole rings is 1. The lowest BCUT2D eigenvalue weighted by Crippen LogP contribution is -2.26. The molecule has 0 aliphatic rings. The van der Waals surface area contributed by atoms with Crippen molar-refractivity contribution in [3.63, 3.8) is 0 Å². The molecular formula is C18H18N2O2S. The van der Waals surface area contributed by atoms with Gasteiger partial charge in [-0.15, -0.1) is 11.3 Å². The molecule has 0 saturated heterocycles. The van der Waals surface area contributed by atoms with Gasteiger partial charge < -0.3 is 9.73 Å². The number of aromatic nitrogens is 1. The first kappa shape index (κ1) is 15.5. The second-order valence-corrected chi connectivity index (χ2v) is 6.49. The molecule has 2 aromatic heterocycles. The van der Waals surface area contributed by atoms with Gasteiger partial charge in [0, 0.05) is 11.1 Å². The summed E-state index contributed by atoms with van der Waals surface area (Å²) in [6.45, 7) is 5.76. The minimum atomic E-state index is -0.115. The standard InChI is InChI=1S/C18H18N2O2S/c1-11-9-15(13(3)22-11)12(2)20-17(21)16-10-19-18(23-16)14-7-5-4-6-8-14/h4-10,12H,1-3H3,(H,20,21). The molecule has 0 fully saturated rings. The quantitative estimate of drug-likeness (QED) is 0.767. The second-order valence-electron chi connectivity index (χ2n) is 5.46. The zero-order chi connectivity index (χ0) is 16.4. The lowest BCUT2D eigenvalue weighted by Gasteiger charge is -2.12. The number of rotatable bonds is 4. The Morgan fingerprint density at radius 1 is 1.26 bits per heavy atom. The topological polar surface area (TPSA) is 55.1 Å². The molecule has 1 atom stereocenters. The Hall–Kier alpha value is -2.40. The number of hydrogen-bond acceptors (Lipinski definition) is 4. The van der Waals surface area contributed by atoms with Gasteiger partial charge in [-0.1, -0.05) is 30.3 Å². The lowest BCUT2D eigenvalue weighted by atomic mass is 10.1. The van der Waals surface area contributed by atoms with Gasteiger partial charge in [-0.3, -0.25) is 4.79 Å². The summed E-state index contributed by atoms with van der Waals surface area (Å²) in [4.78, 5) is 17.4. The fraction of sp³-hybridized carbons (Fsp3) is 0.222. The van der Waals surface area contributed by atoms with Gasteiger partial charge in [-0.2, -0.15) is 0 Å². The molecule has 0 aliphatic heterocycles. The fourth-order valence-electron chi connectivity index (χ4n) is 2.52. The second kappa shape index (κ2) is 6.38. The van der Waals surface area contributed by atoms with Crippen molar-refractivity contribution in [2.75, 3.05) is 0 Å². The van der Waals surface area contributed by atoms with Gasteiger partial charge in [-0.25, -0.2) is 4.98 Å². The highest BCUT2D eigenvalue weighted by Gasteiger charge is 2.18. The maximum atomic E-state index is 12.4. The average Bonchev–Trinajstić information content (AvgIpc) is 3.15. The minimum Gasteiger partial charge on any atom is -0.466 e. The number of nitrogens with one attached hydrogen (secondary N) is 1. The van der Waals surface area contributed by atoms with Gasteiger partial charge in [0.1, 0.15) is 21.4 Å². The Bertz CT molecular complexity index is 821. The number of nitrogens with zero attached hydrogens (tertiary/aromatic N) is 1. The maximum absolute atomic E-state index is 12.4. The van der Waals surface area contributed by atoms with Crippen LogP contribution in [-0.2, 0) is 0 Å². The van der Waals surface area contributed by atoms with Crippen LogP contribution in [-0.4, -0.2) is 10.9 Å². The maximum Gasteiger partial charge on any atom is 0.263 e. The van der Waals surface area contributed by atoms with Gasteiger partial charge in [0.2, 0.25) is 0 Å². The normalized spacial score (nSPS) is 12.1. The van der Waals surface area contributed by atoms with E-state index in [-0.39, 0.29) is 11.9 Å². The molecule has 0 aliphatic carbocycles. The third kappa shape index (κ3) is 3.35. The van der Waals surface area contributed by atoms with Crippen LogP contribution in [0.3, 0.4) is 0 Å². The predicted molar refractivity (Wildman–Crippen MR) is 91.6 cm³/mol. The highest BCUT2D eigenvalue weighted by molar-refractivity contribution is 7.16. The van der Waals surface area contributed by atoms with Crippen LogP contribution in [0.2, 0.25) is 0 Å². The molecule has 0 saturated carbocycles. The van der Waals surface area contributed by atoms with Crippen LogP contribution >= 0.6 is 11.3 Å². The predicted octanol–water partition coefficient (Wildman–Crippen LogP) is 4.51. The molecule has 2 heterocycles. The summed E-state index contributed by atoms with van der Waals surface area (Å²) in [6.07, 6.45) is 1.63. The highest BCUT2D eigenvalue weighted by atomic mass is 32.1. The molecule has 0 radical (unpaired) electrons. The van der Waals surface area contributed by atoms with E-state index in [0.29, 0.717) is 4.88 Å². The average molecular weight is 326 g/mol. The van der Waals surface area contributed by atoms with Crippen molar-refractivity contribution >= 4 is 17.2 Å². The molecule has 3 rings (SSSR count). The summed E-state index contributed by atoms with van der Waals surface area (Å²) >= 11 is 1.39. The Labute approximate surface area is 139 Å². The van der Waals surface area contributed by atoms with Crippen molar-refractivity contribution in [3.8, 4) is 10.6 Å². The molecule has 4 nitrogen and oxygen atoms in total. The highest BCUT2D eigenvalue weighted by Crippen LogP contribution is 2.26. The zero-order valence-corrected chi connectivity index (χ0v) is 14.1. The Kier molecular flexibility index (Phi) is 4.30. The van der Waals surface area contributed by atoms with Crippen molar-refractivity contribution in [3.05, 3.63) is 64.6 Å². The SMILES string of the molecule is Cc1cc(C(C)NC(=O)c2cnc(-c3ccccc3)s2)c(C)o1. The Balaban J connectivity index is 1.74.